The second-order valence-corrected chi connectivity index (χ2v) is 8.29. The average molecular weight is 450 g/mol. The number of fused-ring (bicyclic) bond motifs is 2. The molecule has 0 fully saturated rings. The highest BCUT2D eigenvalue weighted by atomic mass is 32.1. The summed E-state index contributed by atoms with van der Waals surface area (Å²) in [5.41, 5.74) is 3.19. The van der Waals surface area contributed by atoms with Gasteiger partial charge in [-0.05, 0) is 67.1 Å². The van der Waals surface area contributed by atoms with Crippen LogP contribution in [0.3, 0.4) is 0 Å². The molecule has 0 aliphatic rings. The summed E-state index contributed by atoms with van der Waals surface area (Å²) in [5.74, 6) is -0.968. The van der Waals surface area contributed by atoms with Gasteiger partial charge in [0.2, 0.25) is 0 Å². The van der Waals surface area contributed by atoms with Gasteiger partial charge >= 0.3 is 6.36 Å². The van der Waals surface area contributed by atoms with Crippen LogP contribution in [0.15, 0.2) is 36.4 Å². The van der Waals surface area contributed by atoms with Crippen LogP contribution in [0.2, 0.25) is 0 Å². The SMILES string of the molecule is Cc1[nH]c2c(F)ccc(C)c2c1CCNC(=O)c1cc2ccc(OC(F)(F)F)cc2s1. The number of aromatic amines is 1. The lowest BCUT2D eigenvalue weighted by Crippen LogP contribution is -2.25. The fourth-order valence-corrected chi connectivity index (χ4v) is 4.67. The molecule has 4 nitrogen and oxygen atoms in total. The molecule has 0 aliphatic carbocycles. The Morgan fingerprint density at radius 1 is 1.16 bits per heavy atom. The lowest BCUT2D eigenvalue weighted by molar-refractivity contribution is -0.274. The third-order valence-corrected chi connectivity index (χ3v) is 6.14. The monoisotopic (exact) mass is 450 g/mol. The Morgan fingerprint density at radius 2 is 1.94 bits per heavy atom. The highest BCUT2D eigenvalue weighted by Crippen LogP contribution is 2.32. The number of benzene rings is 2. The molecule has 9 heteroatoms. The largest absolute Gasteiger partial charge is 0.573 e. The first-order valence-corrected chi connectivity index (χ1v) is 10.3. The van der Waals surface area contributed by atoms with Gasteiger partial charge in [0.1, 0.15) is 11.6 Å². The summed E-state index contributed by atoms with van der Waals surface area (Å²) in [6.07, 6.45) is -4.26. The van der Waals surface area contributed by atoms with Crippen molar-refractivity contribution in [1.82, 2.24) is 10.3 Å². The molecule has 0 saturated carbocycles. The van der Waals surface area contributed by atoms with Crippen LogP contribution in [-0.2, 0) is 6.42 Å². The number of carbonyl (C=O) groups is 1. The lowest BCUT2D eigenvalue weighted by atomic mass is 10.0. The van der Waals surface area contributed by atoms with E-state index < -0.39 is 6.36 Å². The van der Waals surface area contributed by atoms with E-state index in [-0.39, 0.29) is 17.5 Å². The number of ether oxygens (including phenoxy) is 1. The maximum absolute atomic E-state index is 14.1. The molecule has 2 aromatic carbocycles. The first kappa shape index (κ1) is 21.2. The fraction of sp³-hybridized carbons (Fsp3) is 0.227. The molecule has 4 aromatic rings. The summed E-state index contributed by atoms with van der Waals surface area (Å²) >= 11 is 1.09. The van der Waals surface area contributed by atoms with E-state index in [0.717, 1.165) is 33.5 Å². The molecule has 0 radical (unpaired) electrons. The van der Waals surface area contributed by atoms with E-state index in [9.17, 15) is 22.4 Å². The van der Waals surface area contributed by atoms with E-state index in [0.29, 0.717) is 33.4 Å². The molecule has 4 rings (SSSR count). The molecule has 0 atom stereocenters. The highest BCUT2D eigenvalue weighted by molar-refractivity contribution is 7.20. The minimum atomic E-state index is -4.77. The van der Waals surface area contributed by atoms with Crippen molar-refractivity contribution in [3.05, 3.63) is 63.9 Å². The Hall–Kier alpha value is -3.07. The van der Waals surface area contributed by atoms with Crippen molar-refractivity contribution in [1.29, 1.82) is 0 Å². The summed E-state index contributed by atoms with van der Waals surface area (Å²) in [6, 6.07) is 8.73. The Balaban J connectivity index is 1.47. The van der Waals surface area contributed by atoms with Crippen molar-refractivity contribution in [3.63, 3.8) is 0 Å². The summed E-state index contributed by atoms with van der Waals surface area (Å²) in [6.45, 7) is 4.10. The predicted octanol–water partition coefficient (Wildman–Crippen LogP) is 6.01. The van der Waals surface area contributed by atoms with Gasteiger partial charge in [-0.25, -0.2) is 4.39 Å². The van der Waals surface area contributed by atoms with Crippen LogP contribution in [0, 0.1) is 19.7 Å². The number of aromatic nitrogens is 1. The first-order chi connectivity index (χ1) is 14.6. The van der Waals surface area contributed by atoms with Crippen molar-refractivity contribution in [3.8, 4) is 5.75 Å². The molecule has 162 valence electrons. The zero-order valence-corrected chi connectivity index (χ0v) is 17.4. The maximum atomic E-state index is 14.1. The van der Waals surface area contributed by atoms with Crippen LogP contribution in [0.25, 0.3) is 21.0 Å². The van der Waals surface area contributed by atoms with E-state index in [1.54, 1.807) is 12.1 Å². The van der Waals surface area contributed by atoms with Gasteiger partial charge < -0.3 is 15.0 Å². The molecule has 0 aliphatic heterocycles. The topological polar surface area (TPSA) is 54.1 Å². The van der Waals surface area contributed by atoms with Gasteiger partial charge in [-0.15, -0.1) is 24.5 Å². The predicted molar refractivity (Wildman–Crippen MR) is 112 cm³/mol. The van der Waals surface area contributed by atoms with Gasteiger partial charge in [0.25, 0.3) is 5.91 Å². The zero-order valence-electron chi connectivity index (χ0n) is 16.6. The van der Waals surface area contributed by atoms with E-state index in [1.807, 2.05) is 13.8 Å². The number of H-pyrrole nitrogens is 1. The van der Waals surface area contributed by atoms with Crippen molar-refractivity contribution in [2.75, 3.05) is 6.54 Å². The normalized spacial score (nSPS) is 11.9. The van der Waals surface area contributed by atoms with Crippen LogP contribution >= 0.6 is 11.3 Å². The number of thiophene rings is 1. The van der Waals surface area contributed by atoms with Crippen molar-refractivity contribution in [2.24, 2.45) is 0 Å². The van der Waals surface area contributed by atoms with E-state index in [4.69, 9.17) is 0 Å². The summed E-state index contributed by atoms with van der Waals surface area (Å²) in [7, 11) is 0. The van der Waals surface area contributed by atoms with Crippen LogP contribution in [0.1, 0.15) is 26.5 Å². The lowest BCUT2D eigenvalue weighted by Gasteiger charge is -2.08. The van der Waals surface area contributed by atoms with Gasteiger partial charge in [0, 0.05) is 22.3 Å². The average Bonchev–Trinajstić information content (AvgIpc) is 3.25. The Bertz CT molecular complexity index is 1290. The van der Waals surface area contributed by atoms with E-state index >= 15 is 0 Å². The zero-order chi connectivity index (χ0) is 22.3. The third-order valence-electron chi connectivity index (χ3n) is 5.04. The second kappa shape index (κ2) is 7.88. The third kappa shape index (κ3) is 4.36. The van der Waals surface area contributed by atoms with Crippen LogP contribution < -0.4 is 10.1 Å². The number of hydrogen-bond donors (Lipinski definition) is 2. The van der Waals surface area contributed by atoms with Gasteiger partial charge in [-0.2, -0.15) is 0 Å². The molecule has 0 spiro atoms. The van der Waals surface area contributed by atoms with Crippen molar-refractivity contribution >= 4 is 38.2 Å². The molecular weight excluding hydrogens is 432 g/mol. The minimum absolute atomic E-state index is 0.320. The standard InChI is InChI=1S/C22H18F4N2O2S/c1-11-3-6-16(23)20-19(11)15(12(2)28-20)7-8-27-21(29)18-9-13-4-5-14(10-17(13)31-18)30-22(24,25)26/h3-6,9-10,28H,7-8H2,1-2H3,(H,27,29). The molecule has 31 heavy (non-hydrogen) atoms. The number of nitrogens with one attached hydrogen (secondary N) is 2. The molecule has 0 unspecified atom stereocenters. The molecule has 2 N–H and O–H groups in total. The van der Waals surface area contributed by atoms with E-state index in [2.05, 4.69) is 15.0 Å². The highest BCUT2D eigenvalue weighted by Gasteiger charge is 2.31. The maximum Gasteiger partial charge on any atom is 0.573 e. The number of rotatable bonds is 5. The number of halogens is 4. The molecule has 0 bridgehead atoms. The van der Waals surface area contributed by atoms with Gasteiger partial charge in [0.15, 0.2) is 0 Å². The second-order valence-electron chi connectivity index (χ2n) is 7.21. The number of amides is 1. The Morgan fingerprint density at radius 3 is 2.68 bits per heavy atom. The van der Waals surface area contributed by atoms with Crippen LogP contribution in [0.5, 0.6) is 5.75 Å². The van der Waals surface area contributed by atoms with Gasteiger partial charge in [-0.3, -0.25) is 4.79 Å². The molecule has 2 aromatic heterocycles. The number of aryl methyl sites for hydroxylation is 2. The van der Waals surface area contributed by atoms with E-state index in [1.165, 1.54) is 24.3 Å². The molecular formula is C22H18F4N2O2S. The smallest absolute Gasteiger partial charge is 0.406 e. The van der Waals surface area contributed by atoms with Gasteiger partial charge in [-0.1, -0.05) is 6.07 Å². The van der Waals surface area contributed by atoms with Crippen LogP contribution in [0.4, 0.5) is 17.6 Å². The van der Waals surface area contributed by atoms with Crippen molar-refractivity contribution in [2.45, 2.75) is 26.6 Å². The minimum Gasteiger partial charge on any atom is -0.406 e. The van der Waals surface area contributed by atoms with Crippen LogP contribution in [-0.4, -0.2) is 23.8 Å². The Kier molecular flexibility index (Phi) is 5.38. The molecule has 0 saturated heterocycles. The quantitative estimate of drug-likeness (QED) is 0.366. The number of alkyl halides is 3. The summed E-state index contributed by atoms with van der Waals surface area (Å²) in [5, 5.41) is 4.31. The van der Waals surface area contributed by atoms with Gasteiger partial charge in [0.05, 0.1) is 10.4 Å². The fourth-order valence-electron chi connectivity index (χ4n) is 3.66. The summed E-state index contributed by atoms with van der Waals surface area (Å²) in [4.78, 5) is 16.0. The first-order valence-electron chi connectivity index (χ1n) is 9.46. The number of hydrogen-bond acceptors (Lipinski definition) is 3. The molecule has 1 amide bonds. The Labute approximate surface area is 178 Å². The molecule has 2 heterocycles. The summed E-state index contributed by atoms with van der Waals surface area (Å²) < 4.78 is 55.7. The van der Waals surface area contributed by atoms with Crippen molar-refractivity contribution < 1.29 is 27.1 Å². The number of carbonyl (C=O) groups excluding carboxylic acids is 1.